The molecule has 0 unspecified atom stereocenters. The van der Waals surface area contributed by atoms with Crippen molar-refractivity contribution in [2.45, 2.75) is 26.8 Å². The van der Waals surface area contributed by atoms with Gasteiger partial charge in [-0.15, -0.1) is 0 Å². The second kappa shape index (κ2) is 7.00. The van der Waals surface area contributed by atoms with E-state index < -0.39 is 5.97 Å². The second-order valence-corrected chi connectivity index (χ2v) is 3.28. The summed E-state index contributed by atoms with van der Waals surface area (Å²) in [5.41, 5.74) is 5.41. The van der Waals surface area contributed by atoms with Crippen molar-refractivity contribution < 1.29 is 14.5 Å². The SMILES string of the molecule is CC(=O)[O-].Cc1n(CCCN)cc[n+]1C. The lowest BCUT2D eigenvalue weighted by molar-refractivity contribution is -0.677. The molecule has 86 valence electrons. The van der Waals surface area contributed by atoms with Crippen LogP contribution >= 0.6 is 0 Å². The lowest BCUT2D eigenvalue weighted by Crippen LogP contribution is -2.29. The quantitative estimate of drug-likeness (QED) is 0.636. The maximum Gasteiger partial charge on any atom is 0.253 e. The number of carbonyl (C=O) groups is 1. The summed E-state index contributed by atoms with van der Waals surface area (Å²) in [6.45, 7) is 4.88. The first-order valence-corrected chi connectivity index (χ1v) is 4.88. The van der Waals surface area contributed by atoms with Crippen LogP contribution in [-0.2, 0) is 18.4 Å². The fraction of sp³-hybridized carbons (Fsp3) is 0.600. The van der Waals surface area contributed by atoms with Gasteiger partial charge in [0, 0.05) is 12.9 Å². The van der Waals surface area contributed by atoms with Gasteiger partial charge in [0.1, 0.15) is 12.4 Å². The Bertz CT molecular complexity index is 304. The Morgan fingerprint density at radius 1 is 1.67 bits per heavy atom. The number of rotatable bonds is 3. The molecule has 0 aliphatic rings. The zero-order chi connectivity index (χ0) is 11.8. The van der Waals surface area contributed by atoms with Crippen molar-refractivity contribution in [2.75, 3.05) is 6.54 Å². The van der Waals surface area contributed by atoms with Gasteiger partial charge in [-0.3, -0.25) is 0 Å². The van der Waals surface area contributed by atoms with Crippen LogP contribution < -0.4 is 15.4 Å². The molecule has 5 nitrogen and oxygen atoms in total. The fourth-order valence-corrected chi connectivity index (χ4v) is 1.10. The second-order valence-electron chi connectivity index (χ2n) is 3.28. The van der Waals surface area contributed by atoms with Crippen molar-refractivity contribution >= 4 is 5.97 Å². The lowest BCUT2D eigenvalue weighted by Gasteiger charge is -1.95. The van der Waals surface area contributed by atoms with Crippen molar-refractivity contribution in [3.63, 3.8) is 0 Å². The normalized spacial score (nSPS) is 9.33. The van der Waals surface area contributed by atoms with Crippen LogP contribution in [0, 0.1) is 6.92 Å². The Labute approximate surface area is 90.1 Å². The number of carboxylic acids is 1. The molecule has 15 heavy (non-hydrogen) atoms. The zero-order valence-electron chi connectivity index (χ0n) is 9.56. The molecule has 0 aromatic carbocycles. The van der Waals surface area contributed by atoms with Crippen LogP contribution in [0.1, 0.15) is 19.2 Å². The van der Waals surface area contributed by atoms with Gasteiger partial charge in [-0.05, 0) is 19.9 Å². The molecule has 1 rings (SSSR count). The van der Waals surface area contributed by atoms with E-state index in [1.165, 1.54) is 5.82 Å². The van der Waals surface area contributed by atoms with Gasteiger partial charge in [-0.1, -0.05) is 0 Å². The lowest BCUT2D eigenvalue weighted by atomic mass is 10.4. The molecular formula is C10H19N3O2. The van der Waals surface area contributed by atoms with Gasteiger partial charge in [-0.25, -0.2) is 9.13 Å². The third-order valence-electron chi connectivity index (χ3n) is 2.00. The molecule has 1 heterocycles. The summed E-state index contributed by atoms with van der Waals surface area (Å²) < 4.78 is 4.32. The largest absolute Gasteiger partial charge is 0.550 e. The number of carbonyl (C=O) groups excluding carboxylic acids is 1. The standard InChI is InChI=1S/C8H16N3.C2H4O2/c1-8-10(2)6-7-11(8)5-3-4-9;1-2(3)4/h6-7H,3-5,9H2,1-2H3;1H3,(H,3,4)/q+1;/p-1. The first kappa shape index (κ1) is 13.6. The molecule has 0 aliphatic carbocycles. The summed E-state index contributed by atoms with van der Waals surface area (Å²) in [4.78, 5) is 8.89. The number of aliphatic carboxylic acids is 1. The predicted molar refractivity (Wildman–Crippen MR) is 54.7 cm³/mol. The van der Waals surface area contributed by atoms with E-state index in [9.17, 15) is 0 Å². The molecule has 0 atom stereocenters. The van der Waals surface area contributed by atoms with Gasteiger partial charge in [-0.2, -0.15) is 0 Å². The summed E-state index contributed by atoms with van der Waals surface area (Å²) in [5.74, 6) is 0.193. The van der Waals surface area contributed by atoms with E-state index in [0.29, 0.717) is 0 Å². The van der Waals surface area contributed by atoms with Crippen molar-refractivity contribution in [3.05, 3.63) is 18.2 Å². The molecule has 0 fully saturated rings. The van der Waals surface area contributed by atoms with E-state index in [-0.39, 0.29) is 0 Å². The van der Waals surface area contributed by atoms with E-state index in [2.05, 4.69) is 28.5 Å². The van der Waals surface area contributed by atoms with Crippen molar-refractivity contribution in [1.82, 2.24) is 4.57 Å². The Kier molecular flexibility index (Phi) is 6.37. The molecule has 0 saturated heterocycles. The highest BCUT2D eigenvalue weighted by atomic mass is 16.4. The predicted octanol–water partition coefficient (Wildman–Crippen LogP) is -1.27. The van der Waals surface area contributed by atoms with Crippen LogP contribution in [0.3, 0.4) is 0 Å². The third-order valence-corrected chi connectivity index (χ3v) is 2.00. The van der Waals surface area contributed by atoms with Gasteiger partial charge in [0.2, 0.25) is 0 Å². The van der Waals surface area contributed by atoms with Crippen LogP contribution in [0.4, 0.5) is 0 Å². The minimum absolute atomic E-state index is 0.765. The van der Waals surface area contributed by atoms with E-state index >= 15 is 0 Å². The average molecular weight is 213 g/mol. The smallest absolute Gasteiger partial charge is 0.253 e. The van der Waals surface area contributed by atoms with Gasteiger partial charge in [0.15, 0.2) is 0 Å². The zero-order valence-corrected chi connectivity index (χ0v) is 9.56. The molecular weight excluding hydrogens is 194 g/mol. The van der Waals surface area contributed by atoms with Crippen LogP contribution in [0.2, 0.25) is 0 Å². The highest BCUT2D eigenvalue weighted by Crippen LogP contribution is 1.93. The molecule has 0 radical (unpaired) electrons. The first-order valence-electron chi connectivity index (χ1n) is 4.88. The molecule has 0 aliphatic heterocycles. The third kappa shape index (κ3) is 5.85. The summed E-state index contributed by atoms with van der Waals surface area (Å²) >= 11 is 0. The average Bonchev–Trinajstić information content (AvgIpc) is 2.44. The van der Waals surface area contributed by atoms with Gasteiger partial charge >= 0.3 is 0 Å². The van der Waals surface area contributed by atoms with Crippen LogP contribution in [-0.4, -0.2) is 17.1 Å². The molecule has 0 spiro atoms. The van der Waals surface area contributed by atoms with E-state index in [1.54, 1.807) is 0 Å². The van der Waals surface area contributed by atoms with Crippen molar-refractivity contribution in [1.29, 1.82) is 0 Å². The minimum atomic E-state index is -1.08. The summed E-state index contributed by atoms with van der Waals surface area (Å²) in [6, 6.07) is 0. The number of hydrogen-bond donors (Lipinski definition) is 1. The topological polar surface area (TPSA) is 75.0 Å². The minimum Gasteiger partial charge on any atom is -0.550 e. The molecule has 0 saturated carbocycles. The maximum absolute atomic E-state index is 8.89. The van der Waals surface area contributed by atoms with Gasteiger partial charge in [0.25, 0.3) is 5.82 Å². The van der Waals surface area contributed by atoms with E-state index in [1.807, 2.05) is 7.05 Å². The Balaban J connectivity index is 0.000000423. The Hall–Kier alpha value is -1.36. The summed E-state index contributed by atoms with van der Waals surface area (Å²) in [6.07, 6.45) is 5.20. The van der Waals surface area contributed by atoms with Crippen molar-refractivity contribution in [3.8, 4) is 0 Å². The number of nitrogens with two attached hydrogens (primary N) is 1. The number of hydrogen-bond acceptors (Lipinski definition) is 3. The Morgan fingerprint density at radius 3 is 2.53 bits per heavy atom. The van der Waals surface area contributed by atoms with Crippen molar-refractivity contribution in [2.24, 2.45) is 12.8 Å². The number of imidazole rings is 1. The highest BCUT2D eigenvalue weighted by Gasteiger charge is 2.06. The van der Waals surface area contributed by atoms with Gasteiger partial charge in [0.05, 0.1) is 13.6 Å². The molecule has 0 amide bonds. The molecule has 1 aromatic heterocycles. The number of carboxylic acid groups (broad SMARTS) is 1. The monoisotopic (exact) mass is 213 g/mol. The number of aryl methyl sites for hydroxylation is 2. The van der Waals surface area contributed by atoms with Crippen LogP contribution in [0.25, 0.3) is 0 Å². The molecule has 1 aromatic rings. The molecule has 2 N–H and O–H groups in total. The summed E-state index contributed by atoms with van der Waals surface area (Å²) in [7, 11) is 2.05. The molecule has 5 heteroatoms. The number of aromatic nitrogens is 2. The Morgan fingerprint density at radius 2 is 2.20 bits per heavy atom. The van der Waals surface area contributed by atoms with E-state index in [4.69, 9.17) is 15.6 Å². The maximum atomic E-state index is 8.89. The highest BCUT2D eigenvalue weighted by molar-refractivity contribution is 5.60. The van der Waals surface area contributed by atoms with Crippen LogP contribution in [0.15, 0.2) is 12.4 Å². The van der Waals surface area contributed by atoms with E-state index in [0.717, 1.165) is 26.4 Å². The summed E-state index contributed by atoms with van der Waals surface area (Å²) in [5, 5.41) is 8.89. The van der Waals surface area contributed by atoms with Gasteiger partial charge < -0.3 is 15.6 Å². The first-order chi connectivity index (χ1) is 6.99. The van der Waals surface area contributed by atoms with Crippen LogP contribution in [0.5, 0.6) is 0 Å². The molecule has 0 bridgehead atoms. The number of nitrogens with zero attached hydrogens (tertiary/aromatic N) is 2. The fourth-order valence-electron chi connectivity index (χ4n) is 1.10.